The Balaban J connectivity index is 3.96. The number of unbranched alkanes of at least 4 members (excludes halogenated alkanes) is 3. The van der Waals surface area contributed by atoms with E-state index in [1.165, 1.54) is 19.3 Å². The first-order valence-corrected chi connectivity index (χ1v) is 8.70. The Kier molecular flexibility index (Phi) is 10.8. The largest absolute Gasteiger partial charge is 0.463 e. The van der Waals surface area contributed by atoms with E-state index < -0.39 is 0 Å². The molecule has 0 heterocycles. The molecule has 2 atom stereocenters. The summed E-state index contributed by atoms with van der Waals surface area (Å²) >= 11 is 0. The standard InChI is InChI=1S/C18H37NO2/c1-6-7-8-9-10-15(2)21-17(20)12-11-16(13-14-19)18(3,4)5/h15-16H,6-14,19H2,1-5H3. The Morgan fingerprint density at radius 3 is 2.29 bits per heavy atom. The molecular formula is C18H37NO2. The fraction of sp³-hybridized carbons (Fsp3) is 0.944. The van der Waals surface area contributed by atoms with E-state index in [0.717, 1.165) is 25.7 Å². The maximum atomic E-state index is 11.9. The van der Waals surface area contributed by atoms with E-state index in [1.54, 1.807) is 0 Å². The predicted octanol–water partition coefficient (Wildman–Crippen LogP) is 4.68. The van der Waals surface area contributed by atoms with Crippen LogP contribution in [-0.2, 0) is 9.53 Å². The Morgan fingerprint density at radius 2 is 1.76 bits per heavy atom. The Bertz CT molecular complexity index is 271. The third-order valence-electron chi connectivity index (χ3n) is 4.23. The second kappa shape index (κ2) is 11.1. The normalized spacial score (nSPS) is 14.8. The number of ether oxygens (including phenoxy) is 1. The van der Waals surface area contributed by atoms with Gasteiger partial charge in [-0.3, -0.25) is 4.79 Å². The molecule has 0 radical (unpaired) electrons. The summed E-state index contributed by atoms with van der Waals surface area (Å²) in [6, 6.07) is 0. The fourth-order valence-corrected chi connectivity index (χ4v) is 2.70. The van der Waals surface area contributed by atoms with Gasteiger partial charge < -0.3 is 10.5 Å². The lowest BCUT2D eigenvalue weighted by atomic mass is 9.76. The molecule has 0 aliphatic heterocycles. The molecule has 2 unspecified atom stereocenters. The molecule has 0 amide bonds. The van der Waals surface area contributed by atoms with Crippen molar-refractivity contribution in [3.05, 3.63) is 0 Å². The lowest BCUT2D eigenvalue weighted by Crippen LogP contribution is -2.25. The average molecular weight is 299 g/mol. The highest BCUT2D eigenvalue weighted by Gasteiger charge is 2.24. The van der Waals surface area contributed by atoms with Gasteiger partial charge in [-0.25, -0.2) is 0 Å². The molecule has 0 aromatic rings. The summed E-state index contributed by atoms with van der Waals surface area (Å²) in [6.45, 7) is 11.5. The highest BCUT2D eigenvalue weighted by atomic mass is 16.5. The minimum Gasteiger partial charge on any atom is -0.463 e. The molecule has 3 nitrogen and oxygen atoms in total. The molecule has 0 aromatic heterocycles. The topological polar surface area (TPSA) is 52.3 Å². The average Bonchev–Trinajstić information content (AvgIpc) is 2.38. The summed E-state index contributed by atoms with van der Waals surface area (Å²) in [5.41, 5.74) is 5.88. The van der Waals surface area contributed by atoms with Crippen LogP contribution in [0.1, 0.15) is 86.0 Å². The van der Waals surface area contributed by atoms with Crippen LogP contribution in [0.3, 0.4) is 0 Å². The summed E-state index contributed by atoms with van der Waals surface area (Å²) in [4.78, 5) is 11.9. The van der Waals surface area contributed by atoms with Gasteiger partial charge in [-0.15, -0.1) is 0 Å². The molecule has 0 aliphatic carbocycles. The van der Waals surface area contributed by atoms with Crippen LogP contribution in [0.2, 0.25) is 0 Å². The van der Waals surface area contributed by atoms with Crippen LogP contribution >= 0.6 is 0 Å². The van der Waals surface area contributed by atoms with Gasteiger partial charge in [0.25, 0.3) is 0 Å². The van der Waals surface area contributed by atoms with E-state index in [2.05, 4.69) is 27.7 Å². The van der Waals surface area contributed by atoms with Crippen molar-refractivity contribution in [2.24, 2.45) is 17.1 Å². The van der Waals surface area contributed by atoms with E-state index in [9.17, 15) is 4.79 Å². The van der Waals surface area contributed by atoms with Crippen molar-refractivity contribution in [2.45, 2.75) is 92.1 Å². The molecular weight excluding hydrogens is 262 g/mol. The summed E-state index contributed by atoms with van der Waals surface area (Å²) < 4.78 is 5.50. The van der Waals surface area contributed by atoms with Crippen LogP contribution in [-0.4, -0.2) is 18.6 Å². The van der Waals surface area contributed by atoms with Crippen molar-refractivity contribution in [2.75, 3.05) is 6.54 Å². The number of nitrogens with two attached hydrogens (primary N) is 1. The Labute approximate surface area is 132 Å². The first kappa shape index (κ1) is 20.4. The van der Waals surface area contributed by atoms with Crippen molar-refractivity contribution in [3.8, 4) is 0 Å². The summed E-state index contributed by atoms with van der Waals surface area (Å²) in [5.74, 6) is 0.430. The highest BCUT2D eigenvalue weighted by Crippen LogP contribution is 2.32. The van der Waals surface area contributed by atoms with Crippen molar-refractivity contribution >= 4 is 5.97 Å². The number of carbonyl (C=O) groups is 1. The quantitative estimate of drug-likeness (QED) is 0.445. The maximum Gasteiger partial charge on any atom is 0.306 e. The maximum absolute atomic E-state index is 11.9. The van der Waals surface area contributed by atoms with Gasteiger partial charge in [-0.2, -0.15) is 0 Å². The zero-order valence-corrected chi connectivity index (χ0v) is 14.9. The van der Waals surface area contributed by atoms with Crippen molar-refractivity contribution < 1.29 is 9.53 Å². The molecule has 0 aliphatic rings. The number of esters is 1. The molecule has 0 fully saturated rings. The van der Waals surface area contributed by atoms with Crippen LogP contribution in [0.25, 0.3) is 0 Å². The van der Waals surface area contributed by atoms with Gasteiger partial charge in [-0.1, -0.05) is 47.0 Å². The van der Waals surface area contributed by atoms with E-state index in [-0.39, 0.29) is 17.5 Å². The first-order chi connectivity index (χ1) is 9.81. The minimum atomic E-state index is -0.0516. The molecule has 2 N–H and O–H groups in total. The SMILES string of the molecule is CCCCCCC(C)OC(=O)CCC(CCN)C(C)(C)C. The molecule has 21 heavy (non-hydrogen) atoms. The number of hydrogen-bond donors (Lipinski definition) is 1. The number of carbonyl (C=O) groups excluding carboxylic acids is 1. The molecule has 0 saturated carbocycles. The molecule has 3 heteroatoms. The lowest BCUT2D eigenvalue weighted by Gasteiger charge is -2.30. The highest BCUT2D eigenvalue weighted by molar-refractivity contribution is 5.69. The van der Waals surface area contributed by atoms with Gasteiger partial charge in [0.1, 0.15) is 0 Å². The molecule has 0 spiro atoms. The van der Waals surface area contributed by atoms with Crippen molar-refractivity contribution in [1.82, 2.24) is 0 Å². The molecule has 0 bridgehead atoms. The fourth-order valence-electron chi connectivity index (χ4n) is 2.70. The second-order valence-electron chi connectivity index (χ2n) is 7.33. The van der Waals surface area contributed by atoms with Gasteiger partial charge in [0.15, 0.2) is 0 Å². The smallest absolute Gasteiger partial charge is 0.306 e. The van der Waals surface area contributed by atoms with Crippen LogP contribution < -0.4 is 5.73 Å². The van der Waals surface area contributed by atoms with E-state index in [4.69, 9.17) is 10.5 Å². The van der Waals surface area contributed by atoms with E-state index in [1.807, 2.05) is 6.92 Å². The van der Waals surface area contributed by atoms with Crippen LogP contribution in [0, 0.1) is 11.3 Å². The van der Waals surface area contributed by atoms with E-state index >= 15 is 0 Å². The van der Waals surface area contributed by atoms with Crippen molar-refractivity contribution in [1.29, 1.82) is 0 Å². The van der Waals surface area contributed by atoms with E-state index in [0.29, 0.717) is 18.9 Å². The zero-order chi connectivity index (χ0) is 16.3. The monoisotopic (exact) mass is 299 g/mol. The molecule has 0 saturated heterocycles. The second-order valence-corrected chi connectivity index (χ2v) is 7.33. The lowest BCUT2D eigenvalue weighted by molar-refractivity contribution is -0.149. The number of rotatable bonds is 11. The first-order valence-electron chi connectivity index (χ1n) is 8.70. The molecule has 0 aromatic carbocycles. The van der Waals surface area contributed by atoms with Gasteiger partial charge in [0.2, 0.25) is 0 Å². The molecule has 0 rings (SSSR count). The predicted molar refractivity (Wildman–Crippen MR) is 90.2 cm³/mol. The Hall–Kier alpha value is -0.570. The third-order valence-corrected chi connectivity index (χ3v) is 4.23. The van der Waals surface area contributed by atoms with Gasteiger partial charge in [0.05, 0.1) is 6.10 Å². The van der Waals surface area contributed by atoms with Gasteiger partial charge >= 0.3 is 5.97 Å². The molecule has 126 valence electrons. The van der Waals surface area contributed by atoms with Crippen molar-refractivity contribution in [3.63, 3.8) is 0 Å². The van der Waals surface area contributed by atoms with Gasteiger partial charge in [-0.05, 0) is 50.5 Å². The summed E-state index contributed by atoms with van der Waals surface area (Å²) in [7, 11) is 0. The number of hydrogen-bond acceptors (Lipinski definition) is 3. The minimum absolute atomic E-state index is 0.0516. The summed E-state index contributed by atoms with van der Waals surface area (Å²) in [5, 5.41) is 0. The van der Waals surface area contributed by atoms with Gasteiger partial charge in [0, 0.05) is 6.42 Å². The summed E-state index contributed by atoms with van der Waals surface area (Å²) in [6.07, 6.45) is 8.30. The van der Waals surface area contributed by atoms with Crippen LogP contribution in [0.5, 0.6) is 0 Å². The van der Waals surface area contributed by atoms with Crippen LogP contribution in [0.4, 0.5) is 0 Å². The Morgan fingerprint density at radius 1 is 1.10 bits per heavy atom. The van der Waals surface area contributed by atoms with Crippen LogP contribution in [0.15, 0.2) is 0 Å². The third kappa shape index (κ3) is 10.8. The zero-order valence-electron chi connectivity index (χ0n) is 14.9.